The number of rotatable bonds is 5. The molecule has 2 aromatic carbocycles. The normalized spacial score (nSPS) is 10.7. The summed E-state index contributed by atoms with van der Waals surface area (Å²) in [7, 11) is 1.37. The fraction of sp³-hybridized carbons (Fsp3) is 0.167. The fourth-order valence-corrected chi connectivity index (χ4v) is 2.75. The van der Waals surface area contributed by atoms with E-state index in [2.05, 4.69) is 4.98 Å². The van der Waals surface area contributed by atoms with Gasteiger partial charge >= 0.3 is 5.69 Å². The van der Waals surface area contributed by atoms with E-state index in [1.54, 1.807) is 6.07 Å². The SMILES string of the molecule is COc1c([N+](=O)[O-])ccc(Cl)c1COc1ccc2nc(C)ccc2c1. The van der Waals surface area contributed by atoms with Gasteiger partial charge in [0.1, 0.15) is 12.4 Å². The van der Waals surface area contributed by atoms with Gasteiger partial charge in [0.15, 0.2) is 0 Å². The van der Waals surface area contributed by atoms with Gasteiger partial charge in [-0.25, -0.2) is 0 Å². The van der Waals surface area contributed by atoms with Crippen molar-refractivity contribution in [3.05, 3.63) is 68.9 Å². The highest BCUT2D eigenvalue weighted by molar-refractivity contribution is 6.31. The lowest BCUT2D eigenvalue weighted by atomic mass is 10.1. The van der Waals surface area contributed by atoms with Crippen LogP contribution in [0.3, 0.4) is 0 Å². The van der Waals surface area contributed by atoms with E-state index < -0.39 is 4.92 Å². The maximum atomic E-state index is 11.1. The predicted molar refractivity (Wildman–Crippen MR) is 95.5 cm³/mol. The maximum Gasteiger partial charge on any atom is 0.311 e. The van der Waals surface area contributed by atoms with Gasteiger partial charge in [-0.05, 0) is 37.3 Å². The third-order valence-electron chi connectivity index (χ3n) is 3.77. The smallest absolute Gasteiger partial charge is 0.311 e. The number of methoxy groups -OCH3 is 1. The van der Waals surface area contributed by atoms with Crippen LogP contribution in [-0.2, 0) is 6.61 Å². The molecule has 0 aliphatic heterocycles. The van der Waals surface area contributed by atoms with Gasteiger partial charge in [0.05, 0.1) is 28.1 Å². The van der Waals surface area contributed by atoms with Crippen molar-refractivity contribution in [2.24, 2.45) is 0 Å². The number of benzene rings is 2. The number of halogens is 1. The minimum Gasteiger partial charge on any atom is -0.490 e. The molecule has 1 heterocycles. The van der Waals surface area contributed by atoms with Crippen LogP contribution in [0.5, 0.6) is 11.5 Å². The van der Waals surface area contributed by atoms with Crippen molar-refractivity contribution in [2.45, 2.75) is 13.5 Å². The third kappa shape index (κ3) is 3.49. The highest BCUT2D eigenvalue weighted by atomic mass is 35.5. The first-order valence-corrected chi connectivity index (χ1v) is 7.87. The zero-order chi connectivity index (χ0) is 18.0. The van der Waals surface area contributed by atoms with E-state index in [0.29, 0.717) is 16.3 Å². The number of aromatic nitrogens is 1. The number of ether oxygens (including phenoxy) is 2. The summed E-state index contributed by atoms with van der Waals surface area (Å²) < 4.78 is 10.9. The molecule has 6 nitrogen and oxygen atoms in total. The molecule has 0 spiro atoms. The van der Waals surface area contributed by atoms with Crippen LogP contribution in [0.4, 0.5) is 5.69 Å². The summed E-state index contributed by atoms with van der Waals surface area (Å²) in [4.78, 5) is 15.1. The average Bonchev–Trinajstić information content (AvgIpc) is 2.59. The van der Waals surface area contributed by atoms with Crippen LogP contribution in [0.2, 0.25) is 5.02 Å². The van der Waals surface area contributed by atoms with Crippen molar-refractivity contribution in [1.29, 1.82) is 0 Å². The molecular weight excluding hydrogens is 344 g/mol. The van der Waals surface area contributed by atoms with Crippen molar-refractivity contribution in [2.75, 3.05) is 7.11 Å². The van der Waals surface area contributed by atoms with Crippen LogP contribution >= 0.6 is 11.6 Å². The molecule has 0 unspecified atom stereocenters. The number of aryl methyl sites for hydroxylation is 1. The predicted octanol–water partition coefficient (Wildman–Crippen LogP) is 4.69. The Morgan fingerprint density at radius 2 is 2.00 bits per heavy atom. The molecular formula is C18H15ClN2O4. The van der Waals surface area contributed by atoms with E-state index in [4.69, 9.17) is 21.1 Å². The molecule has 0 saturated carbocycles. The summed E-state index contributed by atoms with van der Waals surface area (Å²) >= 11 is 6.17. The Bertz CT molecular complexity index is 959. The second-order valence-electron chi connectivity index (χ2n) is 5.43. The zero-order valence-electron chi connectivity index (χ0n) is 13.7. The second kappa shape index (κ2) is 6.94. The minimum atomic E-state index is -0.511. The summed E-state index contributed by atoms with van der Waals surface area (Å²) in [5.74, 6) is 0.721. The summed E-state index contributed by atoms with van der Waals surface area (Å²) in [5, 5.41) is 12.4. The Balaban J connectivity index is 1.90. The van der Waals surface area contributed by atoms with E-state index in [0.717, 1.165) is 16.6 Å². The Hall–Kier alpha value is -2.86. The van der Waals surface area contributed by atoms with Gasteiger partial charge < -0.3 is 9.47 Å². The molecule has 0 bridgehead atoms. The summed E-state index contributed by atoms with van der Waals surface area (Å²) in [5.41, 5.74) is 2.09. The molecule has 1 aromatic heterocycles. The molecule has 7 heteroatoms. The van der Waals surface area contributed by atoms with Crippen LogP contribution in [0.25, 0.3) is 10.9 Å². The first-order valence-electron chi connectivity index (χ1n) is 7.49. The number of pyridine rings is 1. The molecule has 0 aliphatic carbocycles. The average molecular weight is 359 g/mol. The van der Waals surface area contributed by atoms with Crippen LogP contribution in [0, 0.1) is 17.0 Å². The number of hydrogen-bond acceptors (Lipinski definition) is 5. The lowest BCUT2D eigenvalue weighted by Gasteiger charge is -2.12. The Kier molecular flexibility index (Phi) is 4.72. The van der Waals surface area contributed by atoms with E-state index in [1.165, 1.54) is 19.2 Å². The van der Waals surface area contributed by atoms with Crippen LogP contribution in [0.1, 0.15) is 11.3 Å². The van der Waals surface area contributed by atoms with Gasteiger partial charge in [0, 0.05) is 17.1 Å². The second-order valence-corrected chi connectivity index (χ2v) is 5.84. The van der Waals surface area contributed by atoms with Gasteiger partial charge in [0.25, 0.3) is 0 Å². The standard InChI is InChI=1S/C18H15ClN2O4/c1-11-3-4-12-9-13(5-7-16(12)20-11)25-10-14-15(19)6-8-17(21(22)23)18(14)24-2/h3-9H,10H2,1-2H3. The molecule has 0 atom stereocenters. The van der Waals surface area contributed by atoms with Crippen molar-refractivity contribution < 1.29 is 14.4 Å². The van der Waals surface area contributed by atoms with Crippen LogP contribution in [-0.4, -0.2) is 17.0 Å². The maximum absolute atomic E-state index is 11.1. The largest absolute Gasteiger partial charge is 0.490 e. The van der Waals surface area contributed by atoms with E-state index in [9.17, 15) is 10.1 Å². The number of nitrogens with zero attached hydrogens (tertiary/aromatic N) is 2. The molecule has 0 fully saturated rings. The molecule has 3 aromatic rings. The van der Waals surface area contributed by atoms with Gasteiger partial charge in [-0.15, -0.1) is 0 Å². The van der Waals surface area contributed by atoms with E-state index >= 15 is 0 Å². The summed E-state index contributed by atoms with van der Waals surface area (Å²) in [6, 6.07) is 12.2. The first kappa shape index (κ1) is 17.0. The quantitative estimate of drug-likeness (QED) is 0.488. The summed E-state index contributed by atoms with van der Waals surface area (Å²) in [6.07, 6.45) is 0. The molecule has 25 heavy (non-hydrogen) atoms. The van der Waals surface area contributed by atoms with E-state index in [-0.39, 0.29) is 18.0 Å². The van der Waals surface area contributed by atoms with Crippen molar-refractivity contribution >= 4 is 28.2 Å². The van der Waals surface area contributed by atoms with Crippen molar-refractivity contribution in [3.8, 4) is 11.5 Å². The Labute approximate surface area is 149 Å². The topological polar surface area (TPSA) is 74.5 Å². The van der Waals surface area contributed by atoms with Crippen molar-refractivity contribution in [3.63, 3.8) is 0 Å². The van der Waals surface area contributed by atoms with Gasteiger partial charge in [-0.2, -0.15) is 0 Å². The van der Waals surface area contributed by atoms with E-state index in [1.807, 2.05) is 31.2 Å². The summed E-state index contributed by atoms with van der Waals surface area (Å²) in [6.45, 7) is 1.98. The van der Waals surface area contributed by atoms with Crippen molar-refractivity contribution in [1.82, 2.24) is 4.98 Å². The lowest BCUT2D eigenvalue weighted by molar-refractivity contribution is -0.385. The minimum absolute atomic E-state index is 0.0501. The fourth-order valence-electron chi connectivity index (χ4n) is 2.55. The molecule has 0 aliphatic rings. The Morgan fingerprint density at radius 3 is 2.72 bits per heavy atom. The molecule has 0 saturated heterocycles. The monoisotopic (exact) mass is 358 g/mol. The van der Waals surface area contributed by atoms with Gasteiger partial charge in [0.2, 0.25) is 5.75 Å². The molecule has 3 rings (SSSR count). The molecule has 0 radical (unpaired) electrons. The van der Waals surface area contributed by atoms with Crippen LogP contribution in [0.15, 0.2) is 42.5 Å². The number of nitro benzene ring substituents is 1. The third-order valence-corrected chi connectivity index (χ3v) is 4.12. The van der Waals surface area contributed by atoms with Gasteiger partial charge in [-0.3, -0.25) is 15.1 Å². The number of hydrogen-bond donors (Lipinski definition) is 0. The zero-order valence-corrected chi connectivity index (χ0v) is 14.4. The highest BCUT2D eigenvalue weighted by Gasteiger charge is 2.21. The van der Waals surface area contributed by atoms with Gasteiger partial charge in [-0.1, -0.05) is 17.7 Å². The number of fused-ring (bicyclic) bond motifs is 1. The lowest BCUT2D eigenvalue weighted by Crippen LogP contribution is -2.03. The molecule has 0 amide bonds. The highest BCUT2D eigenvalue weighted by Crippen LogP contribution is 2.36. The first-order chi connectivity index (χ1) is 12.0. The Morgan fingerprint density at radius 1 is 1.20 bits per heavy atom. The molecule has 128 valence electrons. The molecule has 0 N–H and O–H groups in total. The van der Waals surface area contributed by atoms with Crippen LogP contribution < -0.4 is 9.47 Å². The number of nitro groups is 1.